The van der Waals surface area contributed by atoms with Gasteiger partial charge in [0.05, 0.1) is 0 Å². The van der Waals surface area contributed by atoms with E-state index in [0.717, 1.165) is 0 Å². The first-order valence-electron chi connectivity index (χ1n) is 3.40. The van der Waals surface area contributed by atoms with Gasteiger partial charge in [-0.25, -0.2) is 9.47 Å². The number of halogens is 11. The van der Waals surface area contributed by atoms with E-state index < -0.39 is 31.1 Å². The smallest absolute Gasteiger partial charge is 0.244 e. The Kier molecular flexibility index (Phi) is 4.46. The van der Waals surface area contributed by atoms with Crippen molar-refractivity contribution in [2.24, 2.45) is 0 Å². The van der Waals surface area contributed by atoms with E-state index in [1.807, 2.05) is 9.47 Å². The summed E-state index contributed by atoms with van der Waals surface area (Å²) in [7, 11) is 0. The Morgan fingerprint density at radius 2 is 0.778 bits per heavy atom. The Bertz CT molecular complexity index is 250. The standard InChI is InChI=1S/C5F11O2/c6-1(17-4(13,14)2(7,8)9)18-5(15,16)3(10,11)12. The molecule has 0 aromatic carbocycles. The van der Waals surface area contributed by atoms with Crippen LogP contribution in [0.5, 0.6) is 0 Å². The van der Waals surface area contributed by atoms with Gasteiger partial charge in [-0.15, -0.1) is 0 Å². The highest BCUT2D eigenvalue weighted by atomic mass is 19.4. The molecule has 0 aromatic rings. The maximum atomic E-state index is 12.0. The zero-order chi connectivity index (χ0) is 15.0. The van der Waals surface area contributed by atoms with Crippen LogP contribution in [0.15, 0.2) is 0 Å². The van der Waals surface area contributed by atoms with E-state index >= 15 is 0 Å². The van der Waals surface area contributed by atoms with E-state index in [1.54, 1.807) is 0 Å². The summed E-state index contributed by atoms with van der Waals surface area (Å²) in [5, 5.41) is 0. The third-order valence-corrected chi connectivity index (χ3v) is 1.08. The molecule has 0 aliphatic rings. The second kappa shape index (κ2) is 4.68. The first-order chi connectivity index (χ1) is 7.60. The quantitative estimate of drug-likeness (QED) is 0.736. The fourth-order valence-corrected chi connectivity index (χ4v) is 0.338. The SMILES string of the molecule is F[C](OC(F)(F)C(F)(F)F)OC(F)(F)C(F)(F)F. The largest absolute Gasteiger partial charge is 0.483 e. The third kappa shape index (κ3) is 4.12. The maximum absolute atomic E-state index is 12.0. The van der Waals surface area contributed by atoms with Crippen molar-refractivity contribution in [3.63, 3.8) is 0 Å². The van der Waals surface area contributed by atoms with E-state index in [0.29, 0.717) is 0 Å². The maximum Gasteiger partial charge on any atom is 0.483 e. The molecule has 109 valence electrons. The van der Waals surface area contributed by atoms with Gasteiger partial charge in [0.1, 0.15) is 0 Å². The molecule has 0 amide bonds. The van der Waals surface area contributed by atoms with Gasteiger partial charge in [0, 0.05) is 0 Å². The normalized spacial score (nSPS) is 15.3. The highest BCUT2D eigenvalue weighted by Gasteiger charge is 2.65. The molecule has 0 rings (SSSR count). The summed E-state index contributed by atoms with van der Waals surface area (Å²) in [6.07, 6.45) is -25.8. The minimum atomic E-state index is -6.54. The van der Waals surface area contributed by atoms with Crippen molar-refractivity contribution in [2.45, 2.75) is 24.6 Å². The zero-order valence-corrected chi connectivity index (χ0v) is 7.47. The van der Waals surface area contributed by atoms with Crippen LogP contribution in [0.25, 0.3) is 0 Å². The van der Waals surface area contributed by atoms with Crippen LogP contribution in [0, 0.1) is 6.54 Å². The van der Waals surface area contributed by atoms with Crippen molar-refractivity contribution in [1.82, 2.24) is 0 Å². The van der Waals surface area contributed by atoms with Gasteiger partial charge < -0.3 is 0 Å². The summed E-state index contributed by atoms with van der Waals surface area (Å²) in [5.41, 5.74) is 0. The summed E-state index contributed by atoms with van der Waals surface area (Å²) in [6.45, 7) is -3.79. The van der Waals surface area contributed by atoms with Crippen LogP contribution in [0.4, 0.5) is 48.3 Å². The van der Waals surface area contributed by atoms with E-state index in [-0.39, 0.29) is 0 Å². The lowest BCUT2D eigenvalue weighted by Crippen LogP contribution is -2.44. The molecule has 0 saturated heterocycles. The molecule has 0 atom stereocenters. The fourth-order valence-electron chi connectivity index (χ4n) is 0.338. The van der Waals surface area contributed by atoms with Gasteiger partial charge in [-0.2, -0.15) is 48.3 Å². The van der Waals surface area contributed by atoms with Crippen LogP contribution in [0.2, 0.25) is 0 Å². The molecular formula is C5F11O2. The van der Waals surface area contributed by atoms with Gasteiger partial charge in [-0.1, -0.05) is 0 Å². The zero-order valence-electron chi connectivity index (χ0n) is 7.47. The highest BCUT2D eigenvalue weighted by molar-refractivity contribution is 4.71. The van der Waals surface area contributed by atoms with Gasteiger partial charge >= 0.3 is 31.1 Å². The molecule has 18 heavy (non-hydrogen) atoms. The van der Waals surface area contributed by atoms with E-state index in [9.17, 15) is 48.3 Å². The van der Waals surface area contributed by atoms with Crippen molar-refractivity contribution in [3.05, 3.63) is 6.54 Å². The van der Waals surface area contributed by atoms with E-state index in [1.165, 1.54) is 0 Å². The van der Waals surface area contributed by atoms with Crippen LogP contribution in [-0.2, 0) is 9.47 Å². The van der Waals surface area contributed by atoms with Crippen LogP contribution < -0.4 is 0 Å². The molecule has 0 saturated carbocycles. The van der Waals surface area contributed by atoms with Crippen molar-refractivity contribution in [1.29, 1.82) is 0 Å². The lowest BCUT2D eigenvalue weighted by molar-refractivity contribution is -0.456. The van der Waals surface area contributed by atoms with E-state index in [4.69, 9.17) is 0 Å². The molecular weight excluding hydrogens is 301 g/mol. The molecule has 13 heteroatoms. The number of ether oxygens (including phenoxy) is 2. The Labute approximate surface area is 90.2 Å². The van der Waals surface area contributed by atoms with Gasteiger partial charge in [0.2, 0.25) is 0 Å². The van der Waals surface area contributed by atoms with Crippen molar-refractivity contribution >= 4 is 0 Å². The van der Waals surface area contributed by atoms with Crippen molar-refractivity contribution in [3.8, 4) is 0 Å². The lowest BCUT2D eigenvalue weighted by Gasteiger charge is -2.23. The molecule has 1 radical (unpaired) electrons. The summed E-state index contributed by atoms with van der Waals surface area (Å²) in [5.74, 6) is 0. The molecule has 0 aliphatic carbocycles. The fraction of sp³-hybridized carbons (Fsp3) is 0.800. The molecule has 0 bridgehead atoms. The monoisotopic (exact) mass is 301 g/mol. The number of hydrogen-bond acceptors (Lipinski definition) is 2. The Hall–Kier alpha value is -0.850. The first-order valence-corrected chi connectivity index (χ1v) is 3.40. The van der Waals surface area contributed by atoms with Gasteiger partial charge in [-0.3, -0.25) is 0 Å². The first kappa shape index (κ1) is 17.2. The van der Waals surface area contributed by atoms with Crippen LogP contribution in [0.1, 0.15) is 0 Å². The molecule has 0 aliphatic heterocycles. The molecule has 2 nitrogen and oxygen atoms in total. The summed E-state index contributed by atoms with van der Waals surface area (Å²) in [6, 6.07) is 0. The van der Waals surface area contributed by atoms with Crippen LogP contribution >= 0.6 is 0 Å². The number of alkyl halides is 10. The molecule has 0 heterocycles. The van der Waals surface area contributed by atoms with Gasteiger partial charge in [-0.05, 0) is 0 Å². The Morgan fingerprint density at radius 3 is 0.944 bits per heavy atom. The second-order valence-electron chi connectivity index (χ2n) is 2.47. The molecule has 0 fully saturated rings. The van der Waals surface area contributed by atoms with Crippen molar-refractivity contribution in [2.75, 3.05) is 0 Å². The average Bonchev–Trinajstić information content (AvgIpc) is 1.95. The average molecular weight is 301 g/mol. The number of rotatable bonds is 4. The van der Waals surface area contributed by atoms with Gasteiger partial charge in [0.25, 0.3) is 0 Å². The van der Waals surface area contributed by atoms with Gasteiger partial charge in [0.15, 0.2) is 0 Å². The molecule has 0 unspecified atom stereocenters. The molecule has 0 aromatic heterocycles. The summed E-state index contributed by atoms with van der Waals surface area (Å²) in [4.78, 5) is 0. The predicted molar refractivity (Wildman–Crippen MR) is 28.5 cm³/mol. The van der Waals surface area contributed by atoms with Crippen LogP contribution in [-0.4, -0.2) is 24.6 Å². The highest BCUT2D eigenvalue weighted by Crippen LogP contribution is 2.43. The van der Waals surface area contributed by atoms with Crippen LogP contribution in [0.3, 0.4) is 0 Å². The third-order valence-electron chi connectivity index (χ3n) is 1.08. The van der Waals surface area contributed by atoms with Crippen molar-refractivity contribution < 1.29 is 57.8 Å². The summed E-state index contributed by atoms with van der Waals surface area (Å²) < 4.78 is 131. The Balaban J connectivity index is 4.69. The van der Waals surface area contributed by atoms with E-state index in [2.05, 4.69) is 0 Å². The summed E-state index contributed by atoms with van der Waals surface area (Å²) >= 11 is 0. The Morgan fingerprint density at radius 1 is 0.556 bits per heavy atom. The molecule has 0 N–H and O–H groups in total. The minimum absolute atomic E-state index is 1.92. The lowest BCUT2D eigenvalue weighted by atomic mass is 10.6. The predicted octanol–water partition coefficient (Wildman–Crippen LogP) is 3.75. The second-order valence-corrected chi connectivity index (χ2v) is 2.47. The number of hydrogen-bond donors (Lipinski definition) is 0. The minimum Gasteiger partial charge on any atom is -0.244 e. The molecule has 0 spiro atoms. The topological polar surface area (TPSA) is 18.5 Å².